The van der Waals surface area contributed by atoms with Crippen LogP contribution in [0.4, 0.5) is 11.4 Å². The molecule has 23 heavy (non-hydrogen) atoms. The largest absolute Gasteiger partial charge is 0.288 e. The van der Waals surface area contributed by atoms with Gasteiger partial charge in [0.15, 0.2) is 0 Å². The fourth-order valence-corrected chi connectivity index (χ4v) is 1.86. The Balaban J connectivity index is 2.12. The zero-order chi connectivity index (χ0) is 16.8. The highest BCUT2D eigenvalue weighted by molar-refractivity contribution is 6.32. The monoisotopic (exact) mass is 332 g/mol. The summed E-state index contributed by atoms with van der Waals surface area (Å²) in [5.41, 5.74) is 0.695. The van der Waals surface area contributed by atoms with Gasteiger partial charge in [0, 0.05) is 29.3 Å². The molecule has 0 saturated carbocycles. The van der Waals surface area contributed by atoms with Crippen molar-refractivity contribution < 1.29 is 9.85 Å². The van der Waals surface area contributed by atoms with Crippen LogP contribution in [-0.2, 0) is 0 Å². The molecule has 0 aliphatic carbocycles. The van der Waals surface area contributed by atoms with Crippen molar-refractivity contribution in [1.82, 2.24) is 0 Å². The molecular formula is C14H9ClN4O4. The lowest BCUT2D eigenvalue weighted by Gasteiger charge is -1.96. The topological polar surface area (TPSA) is 111 Å². The maximum absolute atomic E-state index is 10.8. The Morgan fingerprint density at radius 1 is 0.913 bits per heavy atom. The van der Waals surface area contributed by atoms with Crippen molar-refractivity contribution in [3.63, 3.8) is 0 Å². The fourth-order valence-electron chi connectivity index (χ4n) is 1.67. The Labute approximate surface area is 135 Å². The number of nitrogens with zero attached hydrogens (tertiary/aromatic N) is 4. The van der Waals surface area contributed by atoms with E-state index in [1.165, 1.54) is 42.8 Å². The Kier molecular flexibility index (Phi) is 5.11. The number of rotatable bonds is 5. The lowest BCUT2D eigenvalue weighted by molar-refractivity contribution is -0.385. The number of nitro benzene ring substituents is 2. The van der Waals surface area contributed by atoms with Crippen LogP contribution in [0.2, 0.25) is 5.02 Å². The van der Waals surface area contributed by atoms with E-state index >= 15 is 0 Å². The molecule has 0 bridgehead atoms. The second kappa shape index (κ2) is 7.23. The van der Waals surface area contributed by atoms with Crippen molar-refractivity contribution in [2.45, 2.75) is 0 Å². The van der Waals surface area contributed by atoms with Gasteiger partial charge in [0.2, 0.25) is 0 Å². The first kappa shape index (κ1) is 16.2. The molecule has 0 spiro atoms. The van der Waals surface area contributed by atoms with Gasteiger partial charge in [0.25, 0.3) is 11.4 Å². The highest BCUT2D eigenvalue weighted by atomic mass is 35.5. The lowest BCUT2D eigenvalue weighted by atomic mass is 10.2. The summed E-state index contributed by atoms with van der Waals surface area (Å²) in [6, 6.07) is 10.1. The SMILES string of the molecule is O=[N+]([O-])c1cccc(/C=N/N=C/c2ccc(Cl)c([N+](=O)[O-])c2)c1. The highest BCUT2D eigenvalue weighted by Gasteiger charge is 2.11. The zero-order valence-corrected chi connectivity index (χ0v) is 12.3. The molecule has 0 aliphatic heterocycles. The van der Waals surface area contributed by atoms with Crippen LogP contribution in [0.15, 0.2) is 52.7 Å². The van der Waals surface area contributed by atoms with E-state index in [-0.39, 0.29) is 16.4 Å². The van der Waals surface area contributed by atoms with Crippen LogP contribution < -0.4 is 0 Å². The quantitative estimate of drug-likeness (QED) is 0.473. The Bertz CT molecular complexity index is 820. The van der Waals surface area contributed by atoms with Gasteiger partial charge in [-0.2, -0.15) is 10.2 Å². The second-order valence-corrected chi connectivity index (χ2v) is 4.72. The first-order valence-corrected chi connectivity index (χ1v) is 6.60. The summed E-state index contributed by atoms with van der Waals surface area (Å²) in [4.78, 5) is 20.3. The predicted molar refractivity (Wildman–Crippen MR) is 86.4 cm³/mol. The summed E-state index contributed by atoms with van der Waals surface area (Å²) < 4.78 is 0. The van der Waals surface area contributed by atoms with E-state index in [0.717, 1.165) is 0 Å². The summed E-state index contributed by atoms with van der Waals surface area (Å²) in [6.45, 7) is 0. The Morgan fingerprint density at radius 2 is 1.57 bits per heavy atom. The van der Waals surface area contributed by atoms with Gasteiger partial charge in [0.05, 0.1) is 22.3 Å². The minimum atomic E-state index is -0.591. The molecule has 0 saturated heterocycles. The first-order valence-electron chi connectivity index (χ1n) is 6.22. The number of non-ortho nitro benzene ring substituents is 1. The molecule has 2 aromatic rings. The van der Waals surface area contributed by atoms with Crippen LogP contribution in [0, 0.1) is 20.2 Å². The van der Waals surface area contributed by atoms with Crippen LogP contribution in [0.25, 0.3) is 0 Å². The molecular weight excluding hydrogens is 324 g/mol. The number of hydrogen-bond donors (Lipinski definition) is 0. The third-order valence-corrected chi connectivity index (χ3v) is 3.05. The standard InChI is InChI=1S/C14H9ClN4O4/c15-13-5-4-11(7-14(13)19(22)23)9-17-16-8-10-2-1-3-12(6-10)18(20)21/h1-9H/b16-8+,17-9+. The van der Waals surface area contributed by atoms with Gasteiger partial charge in [-0.05, 0) is 6.07 Å². The fraction of sp³-hybridized carbons (Fsp3) is 0. The third kappa shape index (κ3) is 4.42. The summed E-state index contributed by atoms with van der Waals surface area (Å²) in [6.07, 6.45) is 2.66. The molecule has 0 radical (unpaired) electrons. The normalized spacial score (nSPS) is 11.2. The average Bonchev–Trinajstić information content (AvgIpc) is 2.53. The summed E-state index contributed by atoms with van der Waals surface area (Å²) in [5, 5.41) is 29.0. The van der Waals surface area contributed by atoms with Crippen LogP contribution in [0.1, 0.15) is 11.1 Å². The first-order chi connectivity index (χ1) is 11.0. The van der Waals surface area contributed by atoms with Crippen molar-refractivity contribution in [2.75, 3.05) is 0 Å². The summed E-state index contributed by atoms with van der Waals surface area (Å²) in [7, 11) is 0. The van der Waals surface area contributed by atoms with Gasteiger partial charge < -0.3 is 0 Å². The van der Waals surface area contributed by atoms with Crippen molar-refractivity contribution in [3.05, 3.63) is 78.8 Å². The van der Waals surface area contributed by atoms with E-state index in [1.54, 1.807) is 12.1 Å². The van der Waals surface area contributed by atoms with Gasteiger partial charge in [-0.3, -0.25) is 20.2 Å². The van der Waals surface area contributed by atoms with E-state index in [1.807, 2.05) is 0 Å². The highest BCUT2D eigenvalue weighted by Crippen LogP contribution is 2.24. The lowest BCUT2D eigenvalue weighted by Crippen LogP contribution is -1.91. The number of benzene rings is 2. The van der Waals surface area contributed by atoms with Crippen LogP contribution >= 0.6 is 11.6 Å². The zero-order valence-electron chi connectivity index (χ0n) is 11.5. The minimum absolute atomic E-state index is 0.0345. The Hall–Kier alpha value is -3.13. The maximum Gasteiger partial charge on any atom is 0.288 e. The number of halogens is 1. The molecule has 116 valence electrons. The smallest absolute Gasteiger partial charge is 0.258 e. The third-order valence-electron chi connectivity index (χ3n) is 2.73. The van der Waals surface area contributed by atoms with Gasteiger partial charge >= 0.3 is 0 Å². The molecule has 0 amide bonds. The molecule has 2 rings (SSSR count). The van der Waals surface area contributed by atoms with Gasteiger partial charge in [0.1, 0.15) is 5.02 Å². The molecule has 0 unspecified atom stereocenters. The molecule has 0 aromatic heterocycles. The van der Waals surface area contributed by atoms with Crippen LogP contribution in [0.5, 0.6) is 0 Å². The summed E-state index contributed by atoms with van der Waals surface area (Å²) in [5.74, 6) is 0. The van der Waals surface area contributed by atoms with Gasteiger partial charge in [-0.25, -0.2) is 0 Å². The number of nitro groups is 2. The van der Waals surface area contributed by atoms with Crippen LogP contribution in [0.3, 0.4) is 0 Å². The molecule has 0 aliphatic rings. The van der Waals surface area contributed by atoms with Crippen LogP contribution in [-0.4, -0.2) is 22.3 Å². The molecule has 9 heteroatoms. The molecule has 0 N–H and O–H groups in total. The molecule has 2 aromatic carbocycles. The van der Waals surface area contributed by atoms with E-state index in [4.69, 9.17) is 11.6 Å². The average molecular weight is 333 g/mol. The van der Waals surface area contributed by atoms with Crippen molar-refractivity contribution in [1.29, 1.82) is 0 Å². The summed E-state index contributed by atoms with van der Waals surface area (Å²) >= 11 is 5.70. The van der Waals surface area contributed by atoms with Crippen molar-refractivity contribution >= 4 is 35.4 Å². The molecule has 0 heterocycles. The minimum Gasteiger partial charge on any atom is -0.258 e. The van der Waals surface area contributed by atoms with E-state index in [0.29, 0.717) is 11.1 Å². The van der Waals surface area contributed by atoms with Gasteiger partial charge in [-0.15, -0.1) is 0 Å². The van der Waals surface area contributed by atoms with E-state index in [9.17, 15) is 20.2 Å². The molecule has 8 nitrogen and oxygen atoms in total. The van der Waals surface area contributed by atoms with Gasteiger partial charge in [-0.1, -0.05) is 29.8 Å². The second-order valence-electron chi connectivity index (χ2n) is 4.31. The maximum atomic E-state index is 10.8. The Morgan fingerprint density at radius 3 is 2.17 bits per heavy atom. The predicted octanol–water partition coefficient (Wildman–Crippen LogP) is 3.61. The van der Waals surface area contributed by atoms with Crippen molar-refractivity contribution in [3.8, 4) is 0 Å². The molecule has 0 atom stereocenters. The number of hydrogen-bond acceptors (Lipinski definition) is 6. The molecule has 0 fully saturated rings. The van der Waals surface area contributed by atoms with Crippen molar-refractivity contribution in [2.24, 2.45) is 10.2 Å². The van der Waals surface area contributed by atoms with E-state index in [2.05, 4.69) is 10.2 Å². The van der Waals surface area contributed by atoms with E-state index < -0.39 is 9.85 Å².